The Kier molecular flexibility index (Phi) is 2.76. The van der Waals surface area contributed by atoms with Crippen LogP contribution in [0.25, 0.3) is 5.65 Å². The number of rotatable bonds is 3. The normalized spacial score (nSPS) is 12.2. The maximum Gasteiger partial charge on any atom is 0.350 e. The Morgan fingerprint density at radius 3 is 2.81 bits per heavy atom. The van der Waals surface area contributed by atoms with Gasteiger partial charge in [0.15, 0.2) is 5.65 Å². The van der Waals surface area contributed by atoms with E-state index < -0.39 is 0 Å². The topological polar surface area (TPSA) is 39.3 Å². The Hall–Kier alpha value is -1.29. The van der Waals surface area contributed by atoms with Crippen molar-refractivity contribution in [3.05, 3.63) is 34.9 Å². The van der Waals surface area contributed by atoms with Gasteiger partial charge in [-0.15, -0.1) is 16.7 Å². The molecule has 0 spiro atoms. The average Bonchev–Trinajstić information content (AvgIpc) is 2.56. The van der Waals surface area contributed by atoms with E-state index in [1.807, 2.05) is 32.0 Å². The molecule has 0 saturated heterocycles. The Bertz CT molecular complexity index is 556. The van der Waals surface area contributed by atoms with Crippen LogP contribution in [-0.4, -0.2) is 20.1 Å². The maximum absolute atomic E-state index is 11.9. The zero-order valence-electron chi connectivity index (χ0n) is 9.35. The van der Waals surface area contributed by atoms with Crippen LogP contribution in [0.5, 0.6) is 0 Å². The first-order valence-corrected chi connectivity index (χ1v) is 5.67. The molecule has 0 saturated carbocycles. The van der Waals surface area contributed by atoms with E-state index in [0.29, 0.717) is 18.1 Å². The summed E-state index contributed by atoms with van der Waals surface area (Å²) in [5.74, 6) is 0.493. The molecule has 0 radical (unpaired) electrons. The lowest BCUT2D eigenvalue weighted by molar-refractivity contribution is 0.325. The molecular weight excluding hydrogens is 226 g/mol. The fraction of sp³-hybridized carbons (Fsp3) is 0.455. The van der Waals surface area contributed by atoms with Gasteiger partial charge in [0, 0.05) is 12.1 Å². The van der Waals surface area contributed by atoms with E-state index in [1.165, 1.54) is 9.08 Å². The molecule has 4 nitrogen and oxygen atoms in total. The largest absolute Gasteiger partial charge is 0.350 e. The van der Waals surface area contributed by atoms with E-state index >= 15 is 0 Å². The highest BCUT2D eigenvalue weighted by Crippen LogP contribution is 2.18. The van der Waals surface area contributed by atoms with E-state index in [4.69, 9.17) is 11.6 Å². The molecule has 0 aromatic carbocycles. The number of hydrogen-bond acceptors (Lipinski definition) is 2. The molecule has 0 aliphatic carbocycles. The number of nitrogens with zero attached hydrogens (tertiary/aromatic N) is 3. The molecule has 86 valence electrons. The van der Waals surface area contributed by atoms with Gasteiger partial charge in [-0.2, -0.15) is 0 Å². The second-order valence-electron chi connectivity index (χ2n) is 4.67. The van der Waals surface area contributed by atoms with E-state index in [-0.39, 0.29) is 11.1 Å². The summed E-state index contributed by atoms with van der Waals surface area (Å²) in [6.07, 6.45) is 1.72. The monoisotopic (exact) mass is 239 g/mol. The van der Waals surface area contributed by atoms with Gasteiger partial charge in [-0.25, -0.2) is 9.48 Å². The summed E-state index contributed by atoms with van der Waals surface area (Å²) in [7, 11) is 0. The van der Waals surface area contributed by atoms with Gasteiger partial charge in [-0.3, -0.25) is 4.40 Å². The minimum Gasteiger partial charge on any atom is -0.250 e. The third-order valence-electron chi connectivity index (χ3n) is 2.43. The van der Waals surface area contributed by atoms with E-state index in [9.17, 15) is 4.79 Å². The van der Waals surface area contributed by atoms with Gasteiger partial charge in [-0.05, 0) is 17.5 Å². The molecule has 5 heteroatoms. The summed E-state index contributed by atoms with van der Waals surface area (Å²) in [6, 6.07) is 5.48. The first-order valence-electron chi connectivity index (χ1n) is 5.14. The fourth-order valence-corrected chi connectivity index (χ4v) is 1.60. The lowest BCUT2D eigenvalue weighted by Crippen LogP contribution is -2.30. The molecular formula is C11H14ClN3O. The number of aromatic nitrogens is 3. The standard InChI is InChI=1S/C11H14ClN3O/c1-11(2,7-12)8-15-10(16)14-6-4-3-5-9(14)13-15/h3-6H,7-8H2,1-2H3. The van der Waals surface area contributed by atoms with E-state index in [0.717, 1.165) is 0 Å². The van der Waals surface area contributed by atoms with E-state index in [2.05, 4.69) is 5.10 Å². The van der Waals surface area contributed by atoms with Crippen molar-refractivity contribution in [3.63, 3.8) is 0 Å². The van der Waals surface area contributed by atoms with Crippen molar-refractivity contribution in [2.75, 3.05) is 5.88 Å². The smallest absolute Gasteiger partial charge is 0.250 e. The number of hydrogen-bond donors (Lipinski definition) is 0. The summed E-state index contributed by atoms with van der Waals surface area (Å²) in [5, 5.41) is 4.25. The molecule has 2 rings (SSSR count). The maximum atomic E-state index is 11.9. The Morgan fingerprint density at radius 1 is 1.44 bits per heavy atom. The Balaban J connectivity index is 2.47. The quantitative estimate of drug-likeness (QED) is 0.766. The van der Waals surface area contributed by atoms with Crippen LogP contribution in [0.15, 0.2) is 29.2 Å². The zero-order valence-corrected chi connectivity index (χ0v) is 10.1. The number of pyridine rings is 1. The highest BCUT2D eigenvalue weighted by Gasteiger charge is 2.19. The van der Waals surface area contributed by atoms with E-state index in [1.54, 1.807) is 6.20 Å². The second-order valence-corrected chi connectivity index (χ2v) is 4.93. The Morgan fingerprint density at radius 2 is 2.19 bits per heavy atom. The summed E-state index contributed by atoms with van der Waals surface area (Å²) in [6.45, 7) is 4.55. The van der Waals surface area contributed by atoms with Crippen molar-refractivity contribution in [1.82, 2.24) is 14.2 Å². The van der Waals surface area contributed by atoms with Gasteiger partial charge in [0.25, 0.3) is 0 Å². The van der Waals surface area contributed by atoms with Crippen molar-refractivity contribution in [2.24, 2.45) is 5.41 Å². The molecule has 16 heavy (non-hydrogen) atoms. The molecule has 2 aromatic rings. The predicted molar refractivity (Wildman–Crippen MR) is 64.0 cm³/mol. The lowest BCUT2D eigenvalue weighted by atomic mass is 9.97. The van der Waals surface area contributed by atoms with Crippen LogP contribution in [0.3, 0.4) is 0 Å². The molecule has 0 N–H and O–H groups in total. The first-order chi connectivity index (χ1) is 7.53. The third-order valence-corrected chi connectivity index (χ3v) is 3.15. The number of fused-ring (bicyclic) bond motifs is 1. The van der Waals surface area contributed by atoms with Gasteiger partial charge >= 0.3 is 5.69 Å². The minimum atomic E-state index is -0.136. The van der Waals surface area contributed by atoms with Gasteiger partial charge in [0.1, 0.15) is 0 Å². The predicted octanol–water partition coefficient (Wildman–Crippen LogP) is 1.76. The molecule has 0 fully saturated rings. The summed E-state index contributed by atoms with van der Waals surface area (Å²) in [5.41, 5.74) is 0.412. The zero-order chi connectivity index (χ0) is 11.8. The van der Waals surface area contributed by atoms with Crippen molar-refractivity contribution in [2.45, 2.75) is 20.4 Å². The highest BCUT2D eigenvalue weighted by atomic mass is 35.5. The second kappa shape index (κ2) is 3.94. The van der Waals surface area contributed by atoms with Crippen molar-refractivity contribution in [3.8, 4) is 0 Å². The van der Waals surface area contributed by atoms with Crippen LogP contribution < -0.4 is 5.69 Å². The fourth-order valence-electron chi connectivity index (χ4n) is 1.52. The van der Waals surface area contributed by atoms with Gasteiger partial charge in [0.05, 0.1) is 6.54 Å². The van der Waals surface area contributed by atoms with Gasteiger partial charge < -0.3 is 0 Å². The van der Waals surface area contributed by atoms with Crippen molar-refractivity contribution in [1.29, 1.82) is 0 Å². The minimum absolute atomic E-state index is 0.117. The van der Waals surface area contributed by atoms with Crippen LogP contribution in [-0.2, 0) is 6.54 Å². The molecule has 2 aromatic heterocycles. The van der Waals surface area contributed by atoms with Gasteiger partial charge in [-0.1, -0.05) is 19.9 Å². The van der Waals surface area contributed by atoms with Crippen LogP contribution in [0.1, 0.15) is 13.8 Å². The SMILES string of the molecule is CC(C)(CCl)Cn1nc2ccccn2c1=O. The molecule has 0 aliphatic rings. The molecule has 0 unspecified atom stereocenters. The lowest BCUT2D eigenvalue weighted by Gasteiger charge is -2.19. The molecule has 0 atom stereocenters. The molecule has 0 amide bonds. The number of halogens is 1. The van der Waals surface area contributed by atoms with Crippen molar-refractivity contribution >= 4 is 17.2 Å². The highest BCUT2D eigenvalue weighted by molar-refractivity contribution is 6.18. The Labute approximate surface area is 98.5 Å². The first kappa shape index (κ1) is 11.2. The van der Waals surface area contributed by atoms with Crippen LogP contribution in [0, 0.1) is 5.41 Å². The molecule has 0 aliphatic heterocycles. The molecule has 0 bridgehead atoms. The van der Waals surface area contributed by atoms with Gasteiger partial charge in [0.2, 0.25) is 0 Å². The number of alkyl halides is 1. The summed E-state index contributed by atoms with van der Waals surface area (Å²) >= 11 is 5.84. The summed E-state index contributed by atoms with van der Waals surface area (Å²) in [4.78, 5) is 11.9. The summed E-state index contributed by atoms with van der Waals surface area (Å²) < 4.78 is 3.00. The van der Waals surface area contributed by atoms with Crippen molar-refractivity contribution < 1.29 is 0 Å². The average molecular weight is 240 g/mol. The van der Waals surface area contributed by atoms with Crippen LogP contribution in [0.2, 0.25) is 0 Å². The van der Waals surface area contributed by atoms with Crippen LogP contribution >= 0.6 is 11.6 Å². The molecule has 2 heterocycles. The third kappa shape index (κ3) is 1.97. The van der Waals surface area contributed by atoms with Crippen LogP contribution in [0.4, 0.5) is 0 Å².